The molecule has 0 radical (unpaired) electrons. The molecule has 0 unspecified atom stereocenters. The van der Waals surface area contributed by atoms with Gasteiger partial charge in [0.15, 0.2) is 0 Å². The molecule has 0 N–H and O–H groups in total. The van der Waals surface area contributed by atoms with E-state index >= 15 is 0 Å². The summed E-state index contributed by atoms with van der Waals surface area (Å²) in [7, 11) is 0. The Morgan fingerprint density at radius 2 is 2.00 bits per heavy atom. The molecular formula is C11H8N2O3. The van der Waals surface area contributed by atoms with Crippen molar-refractivity contribution < 1.29 is 9.66 Å². The summed E-state index contributed by atoms with van der Waals surface area (Å²) in [5, 5.41) is 10.7. The number of nitro benzene ring substituents is 1. The van der Waals surface area contributed by atoms with E-state index in [-0.39, 0.29) is 11.4 Å². The third-order valence-corrected chi connectivity index (χ3v) is 1.92. The van der Waals surface area contributed by atoms with Crippen LogP contribution >= 0.6 is 0 Å². The topological polar surface area (TPSA) is 65.3 Å². The maximum absolute atomic E-state index is 10.7. The van der Waals surface area contributed by atoms with Gasteiger partial charge < -0.3 is 4.74 Å². The van der Waals surface area contributed by atoms with Gasteiger partial charge in [-0.25, -0.2) is 0 Å². The molecule has 0 atom stereocenters. The van der Waals surface area contributed by atoms with E-state index in [9.17, 15) is 10.1 Å². The van der Waals surface area contributed by atoms with Crippen LogP contribution in [0.4, 0.5) is 5.69 Å². The number of ether oxygens (including phenoxy) is 1. The number of hydrogen-bond acceptors (Lipinski definition) is 4. The molecule has 0 aliphatic rings. The fraction of sp³-hybridized carbons (Fsp3) is 0. The van der Waals surface area contributed by atoms with Crippen LogP contribution in [0, 0.1) is 10.1 Å². The second-order valence-electron chi connectivity index (χ2n) is 3.02. The molecule has 0 spiro atoms. The first-order chi connectivity index (χ1) is 7.77. The predicted molar refractivity (Wildman–Crippen MR) is 57.4 cm³/mol. The zero-order chi connectivity index (χ0) is 11.4. The molecule has 1 aromatic heterocycles. The Morgan fingerprint density at radius 3 is 2.69 bits per heavy atom. The molecule has 0 fully saturated rings. The number of para-hydroxylation sites is 2. The van der Waals surface area contributed by atoms with Crippen LogP contribution in [0.2, 0.25) is 0 Å². The van der Waals surface area contributed by atoms with E-state index in [1.807, 2.05) is 0 Å². The highest BCUT2D eigenvalue weighted by Gasteiger charge is 2.13. The molecular weight excluding hydrogens is 208 g/mol. The average molecular weight is 216 g/mol. The van der Waals surface area contributed by atoms with Gasteiger partial charge in [-0.05, 0) is 18.2 Å². The van der Waals surface area contributed by atoms with Gasteiger partial charge in [-0.15, -0.1) is 0 Å². The molecule has 0 amide bonds. The average Bonchev–Trinajstić information content (AvgIpc) is 2.31. The van der Waals surface area contributed by atoms with Gasteiger partial charge in [0.25, 0.3) is 0 Å². The first-order valence-electron chi connectivity index (χ1n) is 4.58. The molecule has 1 aromatic carbocycles. The van der Waals surface area contributed by atoms with Gasteiger partial charge in [-0.1, -0.05) is 12.1 Å². The SMILES string of the molecule is O=[N+]([O-])c1ccccc1Oc1cccnc1. The van der Waals surface area contributed by atoms with E-state index in [1.54, 1.807) is 36.5 Å². The first-order valence-corrected chi connectivity index (χ1v) is 4.58. The summed E-state index contributed by atoms with van der Waals surface area (Å²) in [6, 6.07) is 9.59. The Labute approximate surface area is 91.5 Å². The zero-order valence-electron chi connectivity index (χ0n) is 8.24. The molecule has 5 heteroatoms. The number of pyridine rings is 1. The van der Waals surface area contributed by atoms with Crippen molar-refractivity contribution in [2.24, 2.45) is 0 Å². The second kappa shape index (κ2) is 4.39. The van der Waals surface area contributed by atoms with Crippen LogP contribution < -0.4 is 4.74 Å². The lowest BCUT2D eigenvalue weighted by Gasteiger charge is -2.04. The lowest BCUT2D eigenvalue weighted by Crippen LogP contribution is -1.92. The summed E-state index contributed by atoms with van der Waals surface area (Å²) in [6.07, 6.45) is 3.10. The van der Waals surface area contributed by atoms with E-state index < -0.39 is 4.92 Å². The predicted octanol–water partition coefficient (Wildman–Crippen LogP) is 2.78. The Morgan fingerprint density at radius 1 is 1.19 bits per heavy atom. The standard InChI is InChI=1S/C11H8N2O3/c14-13(15)10-5-1-2-6-11(10)16-9-4-3-7-12-8-9/h1-8H. The van der Waals surface area contributed by atoms with Crippen LogP contribution in [-0.4, -0.2) is 9.91 Å². The van der Waals surface area contributed by atoms with E-state index in [1.165, 1.54) is 12.3 Å². The molecule has 0 saturated heterocycles. The van der Waals surface area contributed by atoms with Gasteiger partial charge in [-0.2, -0.15) is 0 Å². The molecule has 0 saturated carbocycles. The minimum absolute atomic E-state index is 0.0636. The molecule has 0 bridgehead atoms. The van der Waals surface area contributed by atoms with Crippen LogP contribution in [0.3, 0.4) is 0 Å². The fourth-order valence-corrected chi connectivity index (χ4v) is 1.23. The summed E-state index contributed by atoms with van der Waals surface area (Å²) in [4.78, 5) is 14.1. The number of nitro groups is 1. The van der Waals surface area contributed by atoms with Crippen molar-refractivity contribution in [2.45, 2.75) is 0 Å². The van der Waals surface area contributed by atoms with Crippen LogP contribution in [0.15, 0.2) is 48.8 Å². The van der Waals surface area contributed by atoms with Crippen molar-refractivity contribution in [1.82, 2.24) is 4.98 Å². The van der Waals surface area contributed by atoms with Gasteiger partial charge >= 0.3 is 5.69 Å². The van der Waals surface area contributed by atoms with E-state index in [0.717, 1.165) is 0 Å². The summed E-state index contributed by atoms with van der Waals surface area (Å²) >= 11 is 0. The third-order valence-electron chi connectivity index (χ3n) is 1.92. The van der Waals surface area contributed by atoms with Crippen molar-refractivity contribution in [2.75, 3.05) is 0 Å². The first kappa shape index (κ1) is 10.1. The monoisotopic (exact) mass is 216 g/mol. The zero-order valence-corrected chi connectivity index (χ0v) is 8.24. The summed E-state index contributed by atoms with van der Waals surface area (Å²) in [6.45, 7) is 0. The quantitative estimate of drug-likeness (QED) is 0.584. The van der Waals surface area contributed by atoms with E-state index in [2.05, 4.69) is 4.98 Å². The van der Waals surface area contributed by atoms with Gasteiger partial charge in [0.05, 0.1) is 11.1 Å². The highest BCUT2D eigenvalue weighted by atomic mass is 16.6. The van der Waals surface area contributed by atoms with Crippen LogP contribution in [0.1, 0.15) is 0 Å². The number of aromatic nitrogens is 1. The Hall–Kier alpha value is -2.43. The van der Waals surface area contributed by atoms with Crippen molar-refractivity contribution in [3.63, 3.8) is 0 Å². The molecule has 0 aliphatic carbocycles. The maximum Gasteiger partial charge on any atom is 0.311 e. The highest BCUT2D eigenvalue weighted by Crippen LogP contribution is 2.29. The second-order valence-corrected chi connectivity index (χ2v) is 3.02. The minimum Gasteiger partial charge on any atom is -0.449 e. The Bertz CT molecular complexity index is 500. The Kier molecular flexibility index (Phi) is 2.77. The largest absolute Gasteiger partial charge is 0.449 e. The molecule has 80 valence electrons. The summed E-state index contributed by atoms with van der Waals surface area (Å²) < 4.78 is 5.37. The van der Waals surface area contributed by atoms with Crippen molar-refractivity contribution in [3.8, 4) is 11.5 Å². The number of nitrogens with zero attached hydrogens (tertiary/aromatic N) is 2. The van der Waals surface area contributed by atoms with Gasteiger partial charge in [0.2, 0.25) is 5.75 Å². The lowest BCUT2D eigenvalue weighted by atomic mass is 10.3. The van der Waals surface area contributed by atoms with E-state index in [0.29, 0.717) is 5.75 Å². The molecule has 0 aliphatic heterocycles. The number of hydrogen-bond donors (Lipinski definition) is 0. The lowest BCUT2D eigenvalue weighted by molar-refractivity contribution is -0.385. The normalized spacial score (nSPS) is 9.75. The van der Waals surface area contributed by atoms with Crippen LogP contribution in [0.5, 0.6) is 11.5 Å². The van der Waals surface area contributed by atoms with Crippen LogP contribution in [0.25, 0.3) is 0 Å². The summed E-state index contributed by atoms with van der Waals surface area (Å²) in [5.74, 6) is 0.678. The van der Waals surface area contributed by atoms with Gasteiger partial charge in [0.1, 0.15) is 5.75 Å². The smallest absolute Gasteiger partial charge is 0.311 e. The fourth-order valence-electron chi connectivity index (χ4n) is 1.23. The molecule has 16 heavy (non-hydrogen) atoms. The van der Waals surface area contributed by atoms with Crippen molar-refractivity contribution >= 4 is 5.69 Å². The third kappa shape index (κ3) is 2.14. The van der Waals surface area contributed by atoms with Gasteiger partial charge in [0, 0.05) is 12.3 Å². The highest BCUT2D eigenvalue weighted by molar-refractivity contribution is 5.47. The number of benzene rings is 1. The molecule has 1 heterocycles. The molecule has 2 rings (SSSR count). The van der Waals surface area contributed by atoms with Crippen molar-refractivity contribution in [3.05, 3.63) is 58.9 Å². The van der Waals surface area contributed by atoms with Crippen LogP contribution in [-0.2, 0) is 0 Å². The molecule has 5 nitrogen and oxygen atoms in total. The number of rotatable bonds is 3. The minimum atomic E-state index is -0.480. The van der Waals surface area contributed by atoms with E-state index in [4.69, 9.17) is 4.74 Å². The van der Waals surface area contributed by atoms with Gasteiger partial charge in [-0.3, -0.25) is 15.1 Å². The van der Waals surface area contributed by atoms with Crippen molar-refractivity contribution in [1.29, 1.82) is 0 Å². The summed E-state index contributed by atoms with van der Waals surface area (Å²) in [5.41, 5.74) is -0.0636. The molecule has 2 aromatic rings. The maximum atomic E-state index is 10.7. The Balaban J connectivity index is 2.31.